The highest BCUT2D eigenvalue weighted by Gasteiger charge is 2.27. The molecule has 0 nitrogen and oxygen atoms in total. The van der Waals surface area contributed by atoms with Crippen molar-refractivity contribution in [2.45, 2.75) is 205 Å². The molecule has 516 valence electrons. The van der Waals surface area contributed by atoms with E-state index in [9.17, 15) is 0 Å². The van der Waals surface area contributed by atoms with Crippen LogP contribution in [-0.2, 0) is 38.5 Å². The first-order chi connectivity index (χ1) is 48.4. The Bertz CT molecular complexity index is 5380. The fourth-order valence-electron chi connectivity index (χ4n) is 17.3. The van der Waals surface area contributed by atoms with Crippen molar-refractivity contribution in [3.05, 3.63) is 346 Å². The van der Waals surface area contributed by atoms with Crippen LogP contribution in [0.5, 0.6) is 0 Å². The van der Waals surface area contributed by atoms with Gasteiger partial charge in [-0.15, -0.1) is 0 Å². The number of hydrogen-bond acceptors (Lipinski definition) is 0. The molecule has 0 unspecified atom stereocenters. The highest BCUT2D eigenvalue weighted by atomic mass is 14.3. The second kappa shape index (κ2) is 27.8. The van der Waals surface area contributed by atoms with Gasteiger partial charge in [-0.05, 0) is 461 Å². The quantitative estimate of drug-likeness (QED) is 0.142. The molecule has 0 heteroatoms. The van der Waals surface area contributed by atoms with Crippen LogP contribution in [0, 0.1) is 166 Å². The van der Waals surface area contributed by atoms with Crippen LogP contribution in [0.2, 0.25) is 0 Å². The van der Waals surface area contributed by atoms with Gasteiger partial charge in [0.05, 0.1) is 0 Å². The Morgan fingerprint density at radius 2 is 0.461 bits per heavy atom. The molecule has 0 aliphatic heterocycles. The molecular formula is C102H108. The lowest BCUT2D eigenvalue weighted by molar-refractivity contribution is 1.18. The third-order valence-corrected chi connectivity index (χ3v) is 24.6. The first-order valence-corrected chi connectivity index (χ1v) is 37.6. The van der Waals surface area contributed by atoms with Gasteiger partial charge in [0.25, 0.3) is 0 Å². The highest BCUT2D eigenvalue weighted by Crippen LogP contribution is 2.47. The Morgan fingerprint density at radius 3 is 0.961 bits per heavy atom. The standard InChI is InChI=1S/6C17H18/c1-10-5-14-9-15-6-11(2)13(4)8-17(15)16(14)7-12(10)3;1-10-5-13(4)15-9-14-7-11(2)12(3)8-16(14)17(15)6-10;1-10-5-13(4)17-15(6-10)9-14-7-11(2)12(3)8-16(14)17;1-10-5-6-15-16(13(10)4)9-14-7-11(2)12(3)8-17(14)15;1-10-5-6-14-9-15-7-11(2)12(3)8-16(15)17(14)13(10)4;1-10-5-6-11(2)17-15(10)9-14-7-12(3)13(4)8-16(14)17/h6*5-8H,9H2,1-4H3. The molecule has 0 bridgehead atoms. The van der Waals surface area contributed by atoms with Crippen molar-refractivity contribution in [3.8, 4) is 66.8 Å². The molecule has 102 heavy (non-hydrogen) atoms. The minimum atomic E-state index is 1.10. The van der Waals surface area contributed by atoms with Crippen LogP contribution in [0.4, 0.5) is 0 Å². The number of hydrogen-bond donors (Lipinski definition) is 0. The van der Waals surface area contributed by atoms with Crippen LogP contribution < -0.4 is 0 Å². The summed E-state index contributed by atoms with van der Waals surface area (Å²) >= 11 is 0. The van der Waals surface area contributed by atoms with Crippen LogP contribution >= 0.6 is 0 Å². The third-order valence-electron chi connectivity index (χ3n) is 24.6. The predicted octanol–water partition coefficient (Wildman–Crippen LogP) is 26.9. The molecule has 0 atom stereocenters. The Morgan fingerprint density at radius 1 is 0.147 bits per heavy atom. The molecule has 0 heterocycles. The summed E-state index contributed by atoms with van der Waals surface area (Å²) in [4.78, 5) is 0. The summed E-state index contributed by atoms with van der Waals surface area (Å²) in [5, 5.41) is 0. The summed E-state index contributed by atoms with van der Waals surface area (Å²) in [5.41, 5.74) is 69.4. The zero-order chi connectivity index (χ0) is 72.9. The summed E-state index contributed by atoms with van der Waals surface area (Å²) in [5.74, 6) is 0. The van der Waals surface area contributed by atoms with E-state index in [1.54, 1.807) is 0 Å². The fraction of sp³-hybridized carbons (Fsp3) is 0.294. The molecule has 12 aromatic rings. The fourth-order valence-corrected chi connectivity index (χ4v) is 17.3. The first-order valence-electron chi connectivity index (χ1n) is 37.6. The molecule has 12 aromatic carbocycles. The zero-order valence-electron chi connectivity index (χ0n) is 66.1. The SMILES string of the molecule is Cc1cc(C)c2c(c1)-c1cc(C)c(C)cc1C2.Cc1cc(C)c2c(c1)Cc1cc(C)c(C)cc1-2.Cc1cc2c(cc1C)-c1c(C)ccc(C)c1C2.Cc1cc2c(cc1C)-c1c(ccc(C)c1C)C2.Cc1cc2c(cc1C)-c1cc(C)c(C)cc1C2.Cc1cc2c(cc1C)-c1ccc(C)c(C)c1C2. The average molecular weight is 1330 g/mol. The minimum Gasteiger partial charge on any atom is -0.0587 e. The molecule has 0 amide bonds. The van der Waals surface area contributed by atoms with Crippen molar-refractivity contribution in [2.24, 2.45) is 0 Å². The molecule has 0 radical (unpaired) electrons. The second-order valence-electron chi connectivity index (χ2n) is 32.1. The van der Waals surface area contributed by atoms with Crippen molar-refractivity contribution in [1.82, 2.24) is 0 Å². The second-order valence-corrected chi connectivity index (χ2v) is 32.1. The summed E-state index contributed by atoms with van der Waals surface area (Å²) in [6.07, 6.45) is 6.64. The Labute approximate surface area is 613 Å². The minimum absolute atomic E-state index is 1.10. The molecule has 0 N–H and O–H groups in total. The van der Waals surface area contributed by atoms with Gasteiger partial charge in [-0.1, -0.05) is 157 Å². The summed E-state index contributed by atoms with van der Waals surface area (Å²) in [6, 6.07) is 55.9. The molecule has 0 spiro atoms. The van der Waals surface area contributed by atoms with Crippen molar-refractivity contribution in [3.63, 3.8) is 0 Å². The van der Waals surface area contributed by atoms with Gasteiger partial charge in [-0.25, -0.2) is 0 Å². The third kappa shape index (κ3) is 13.3. The van der Waals surface area contributed by atoms with E-state index in [0.717, 1.165) is 38.5 Å². The Kier molecular flexibility index (Phi) is 19.3. The van der Waals surface area contributed by atoms with Crippen molar-refractivity contribution >= 4 is 0 Å². The lowest BCUT2D eigenvalue weighted by Gasteiger charge is -2.10. The van der Waals surface area contributed by atoms with Gasteiger partial charge in [0, 0.05) is 0 Å². The van der Waals surface area contributed by atoms with Crippen molar-refractivity contribution < 1.29 is 0 Å². The van der Waals surface area contributed by atoms with E-state index in [2.05, 4.69) is 312 Å². The maximum atomic E-state index is 2.36. The topological polar surface area (TPSA) is 0 Å². The van der Waals surface area contributed by atoms with Crippen LogP contribution in [0.3, 0.4) is 0 Å². The smallest absolute Gasteiger partial charge is 0.00106 e. The van der Waals surface area contributed by atoms with Crippen LogP contribution in [0.15, 0.2) is 146 Å². The lowest BCUT2D eigenvalue weighted by atomic mass is 9.95. The average Bonchev–Trinajstić information content (AvgIpc) is 1.64. The van der Waals surface area contributed by atoms with Crippen LogP contribution in [0.25, 0.3) is 66.8 Å². The first kappa shape index (κ1) is 71.1. The van der Waals surface area contributed by atoms with Gasteiger partial charge < -0.3 is 0 Å². The Hall–Kier alpha value is -9.36. The number of fused-ring (bicyclic) bond motifs is 18. The van der Waals surface area contributed by atoms with Gasteiger partial charge in [-0.2, -0.15) is 0 Å². The van der Waals surface area contributed by atoms with Gasteiger partial charge in [-0.3, -0.25) is 0 Å². The monoisotopic (exact) mass is 1330 g/mol. The summed E-state index contributed by atoms with van der Waals surface area (Å²) in [7, 11) is 0. The molecule has 6 aliphatic rings. The summed E-state index contributed by atoms with van der Waals surface area (Å²) in [6.45, 7) is 53.1. The largest absolute Gasteiger partial charge is 0.0587 e. The van der Waals surface area contributed by atoms with Crippen LogP contribution in [-0.4, -0.2) is 0 Å². The van der Waals surface area contributed by atoms with E-state index in [0.29, 0.717) is 0 Å². The normalized spacial score (nSPS) is 12.5. The zero-order valence-corrected chi connectivity index (χ0v) is 66.1. The summed E-state index contributed by atoms with van der Waals surface area (Å²) < 4.78 is 0. The maximum absolute atomic E-state index is 2.36. The van der Waals surface area contributed by atoms with E-state index >= 15 is 0 Å². The lowest BCUT2D eigenvalue weighted by Crippen LogP contribution is -1.89. The van der Waals surface area contributed by atoms with E-state index < -0.39 is 0 Å². The van der Waals surface area contributed by atoms with Gasteiger partial charge in [0.15, 0.2) is 0 Å². The molecule has 0 saturated carbocycles. The molecule has 0 saturated heterocycles. The molecule has 6 aliphatic carbocycles. The van der Waals surface area contributed by atoms with Crippen molar-refractivity contribution in [2.75, 3.05) is 0 Å². The van der Waals surface area contributed by atoms with Gasteiger partial charge >= 0.3 is 0 Å². The Balaban J connectivity index is 0.000000109. The number of rotatable bonds is 0. The van der Waals surface area contributed by atoms with Gasteiger partial charge in [0.2, 0.25) is 0 Å². The van der Waals surface area contributed by atoms with Crippen LogP contribution in [0.1, 0.15) is 200 Å². The van der Waals surface area contributed by atoms with E-state index in [-0.39, 0.29) is 0 Å². The predicted molar refractivity (Wildman–Crippen MR) is 442 cm³/mol. The maximum Gasteiger partial charge on any atom is -0.00106 e. The molecule has 18 rings (SSSR count). The van der Waals surface area contributed by atoms with Gasteiger partial charge in [0.1, 0.15) is 0 Å². The number of aryl methyl sites for hydroxylation is 22. The highest BCUT2D eigenvalue weighted by molar-refractivity contribution is 5.85. The molecular weight excluding hydrogens is 1230 g/mol. The van der Waals surface area contributed by atoms with Crippen molar-refractivity contribution in [1.29, 1.82) is 0 Å². The molecule has 0 aromatic heterocycles. The van der Waals surface area contributed by atoms with E-state index in [1.807, 2.05) is 0 Å². The molecule has 0 fully saturated rings. The van der Waals surface area contributed by atoms with E-state index in [4.69, 9.17) is 0 Å². The van der Waals surface area contributed by atoms with E-state index in [1.165, 1.54) is 267 Å². The number of benzene rings is 12.